The molecule has 0 saturated carbocycles. The van der Waals surface area contributed by atoms with Crippen molar-refractivity contribution in [2.45, 2.75) is 26.4 Å². The quantitative estimate of drug-likeness (QED) is 0.857. The number of hydrogen-bond donors (Lipinski definition) is 1. The average Bonchev–Trinajstić information content (AvgIpc) is 3.11. The first-order chi connectivity index (χ1) is 10.3. The molecule has 1 fully saturated rings. The van der Waals surface area contributed by atoms with Crippen LogP contribution in [0.3, 0.4) is 0 Å². The summed E-state index contributed by atoms with van der Waals surface area (Å²) in [5.41, 5.74) is 0.916. The zero-order valence-electron chi connectivity index (χ0n) is 12.2. The van der Waals surface area contributed by atoms with E-state index in [-0.39, 0.29) is 0 Å². The van der Waals surface area contributed by atoms with Gasteiger partial charge in [-0.2, -0.15) is 4.68 Å². The Labute approximate surface area is 129 Å². The molecule has 5 nitrogen and oxygen atoms in total. The smallest absolute Gasteiger partial charge is 0.292 e. The molecule has 0 radical (unpaired) electrons. The Morgan fingerprint density at radius 1 is 1.29 bits per heavy atom. The van der Waals surface area contributed by atoms with Crippen LogP contribution in [0.4, 0.5) is 0 Å². The van der Waals surface area contributed by atoms with Gasteiger partial charge < -0.3 is 14.1 Å². The Morgan fingerprint density at radius 3 is 2.67 bits per heavy atom. The van der Waals surface area contributed by atoms with Crippen LogP contribution < -0.4 is 9.64 Å². The highest BCUT2D eigenvalue weighted by atomic mass is 32.1. The minimum absolute atomic E-state index is 0.443. The first-order valence-electron chi connectivity index (χ1n) is 7.41. The molecule has 21 heavy (non-hydrogen) atoms. The molecule has 3 rings (SSSR count). The normalized spacial score (nSPS) is 15.5. The van der Waals surface area contributed by atoms with Gasteiger partial charge in [-0.1, -0.05) is 0 Å². The van der Waals surface area contributed by atoms with E-state index >= 15 is 0 Å². The van der Waals surface area contributed by atoms with Crippen molar-refractivity contribution in [3.05, 3.63) is 29.1 Å². The number of nitrogens with zero attached hydrogens (tertiary/aromatic N) is 2. The molecule has 0 spiro atoms. The monoisotopic (exact) mass is 306 g/mol. The minimum Gasteiger partial charge on any atom is -0.494 e. The van der Waals surface area contributed by atoms with Crippen molar-refractivity contribution >= 4 is 12.2 Å². The summed E-state index contributed by atoms with van der Waals surface area (Å²) in [6.07, 6.45) is 2.57. The van der Waals surface area contributed by atoms with E-state index in [1.807, 2.05) is 31.2 Å². The van der Waals surface area contributed by atoms with Gasteiger partial charge in [-0.25, -0.2) is 0 Å². The third-order valence-electron chi connectivity index (χ3n) is 3.70. The Kier molecular flexibility index (Phi) is 4.36. The van der Waals surface area contributed by atoms with Gasteiger partial charge in [-0.05, 0) is 43.4 Å². The fourth-order valence-corrected chi connectivity index (χ4v) is 2.81. The first kappa shape index (κ1) is 14.3. The van der Waals surface area contributed by atoms with E-state index in [1.54, 1.807) is 4.68 Å². The van der Waals surface area contributed by atoms with Crippen LogP contribution in [0.2, 0.25) is 0 Å². The van der Waals surface area contributed by atoms with Gasteiger partial charge in [0.05, 0.1) is 19.7 Å². The van der Waals surface area contributed by atoms with Crippen LogP contribution >= 0.6 is 12.2 Å². The van der Waals surface area contributed by atoms with Crippen molar-refractivity contribution in [1.82, 2.24) is 9.78 Å². The number of rotatable bonds is 5. The van der Waals surface area contributed by atoms with Crippen LogP contribution in [0.15, 0.2) is 28.7 Å². The third kappa shape index (κ3) is 3.33. The Balaban J connectivity index is 1.77. The SMILES string of the molecule is CCOc1ccc(-c2nn(C[NH+]3CCCC3)c(=S)o2)cc1. The third-order valence-corrected chi connectivity index (χ3v) is 4.00. The molecule has 1 N–H and O–H groups in total. The van der Waals surface area contributed by atoms with E-state index in [0.29, 0.717) is 17.3 Å². The summed E-state index contributed by atoms with van der Waals surface area (Å²) >= 11 is 5.27. The molecular formula is C15H20N3O2S+. The molecule has 0 unspecified atom stereocenters. The van der Waals surface area contributed by atoms with Crippen LogP contribution in [0.25, 0.3) is 11.5 Å². The van der Waals surface area contributed by atoms with Crippen molar-refractivity contribution in [2.75, 3.05) is 19.7 Å². The number of ether oxygens (including phenoxy) is 1. The van der Waals surface area contributed by atoms with Gasteiger partial charge in [0, 0.05) is 18.4 Å². The summed E-state index contributed by atoms with van der Waals surface area (Å²) in [7, 11) is 0. The molecule has 0 amide bonds. The first-order valence-corrected chi connectivity index (χ1v) is 7.82. The highest BCUT2D eigenvalue weighted by Gasteiger charge is 2.18. The van der Waals surface area contributed by atoms with Crippen molar-refractivity contribution in [3.63, 3.8) is 0 Å². The number of likely N-dealkylation sites (tertiary alicyclic amines) is 1. The zero-order chi connectivity index (χ0) is 14.7. The van der Waals surface area contributed by atoms with Crippen LogP contribution in [0.5, 0.6) is 5.75 Å². The molecule has 6 heteroatoms. The van der Waals surface area contributed by atoms with Crippen LogP contribution in [-0.4, -0.2) is 29.5 Å². The molecule has 0 aliphatic carbocycles. The molecule has 1 aromatic heterocycles. The summed E-state index contributed by atoms with van der Waals surface area (Å²) in [6, 6.07) is 7.72. The topological polar surface area (TPSA) is 44.6 Å². The second-order valence-electron chi connectivity index (χ2n) is 5.25. The summed E-state index contributed by atoms with van der Waals surface area (Å²) < 4.78 is 12.9. The second-order valence-corrected chi connectivity index (χ2v) is 5.59. The maximum atomic E-state index is 5.62. The molecule has 112 valence electrons. The Morgan fingerprint density at radius 2 is 2.00 bits per heavy atom. The lowest BCUT2D eigenvalue weighted by atomic mass is 10.2. The highest BCUT2D eigenvalue weighted by molar-refractivity contribution is 7.71. The Bertz CT molecular complexity index is 642. The highest BCUT2D eigenvalue weighted by Crippen LogP contribution is 2.21. The lowest BCUT2D eigenvalue weighted by Crippen LogP contribution is -3.09. The van der Waals surface area contributed by atoms with E-state index in [9.17, 15) is 0 Å². The van der Waals surface area contributed by atoms with E-state index in [0.717, 1.165) is 18.0 Å². The van der Waals surface area contributed by atoms with Gasteiger partial charge in [-0.3, -0.25) is 0 Å². The standard InChI is InChI=1S/C15H19N3O2S/c1-2-19-13-7-5-12(6-8-13)14-16-18(15(21)20-14)11-17-9-3-4-10-17/h5-8H,2-4,9-11H2,1H3/p+1. The molecule has 0 bridgehead atoms. The van der Waals surface area contributed by atoms with Gasteiger partial charge in [-0.15, -0.1) is 5.10 Å². The average molecular weight is 306 g/mol. The van der Waals surface area contributed by atoms with Gasteiger partial charge in [0.1, 0.15) is 5.75 Å². The van der Waals surface area contributed by atoms with Gasteiger partial charge >= 0.3 is 0 Å². The largest absolute Gasteiger partial charge is 0.494 e. The van der Waals surface area contributed by atoms with Gasteiger partial charge in [0.2, 0.25) is 5.89 Å². The maximum Gasteiger partial charge on any atom is 0.292 e. The van der Waals surface area contributed by atoms with Crippen molar-refractivity contribution in [1.29, 1.82) is 0 Å². The molecule has 1 aromatic carbocycles. The number of quaternary nitrogens is 1. The lowest BCUT2D eigenvalue weighted by molar-refractivity contribution is -0.911. The zero-order valence-corrected chi connectivity index (χ0v) is 13.0. The molecule has 0 atom stereocenters. The van der Waals surface area contributed by atoms with Crippen molar-refractivity contribution in [3.8, 4) is 17.2 Å². The summed E-state index contributed by atoms with van der Waals surface area (Å²) in [4.78, 5) is 1.95. The predicted octanol–water partition coefficient (Wildman–Crippen LogP) is 1.91. The van der Waals surface area contributed by atoms with Crippen molar-refractivity contribution in [2.24, 2.45) is 0 Å². The molecule has 1 saturated heterocycles. The molecule has 2 heterocycles. The number of hydrogen-bond acceptors (Lipinski definition) is 4. The van der Waals surface area contributed by atoms with Gasteiger partial charge in [0.25, 0.3) is 4.84 Å². The predicted molar refractivity (Wildman–Crippen MR) is 81.9 cm³/mol. The number of aromatic nitrogens is 2. The van der Waals surface area contributed by atoms with E-state index in [4.69, 9.17) is 21.4 Å². The second kappa shape index (κ2) is 6.41. The Hall–Kier alpha value is -1.66. The fourth-order valence-electron chi connectivity index (χ4n) is 2.63. The van der Waals surface area contributed by atoms with E-state index < -0.39 is 0 Å². The lowest BCUT2D eigenvalue weighted by Gasteiger charge is -2.10. The molecule has 1 aliphatic rings. The van der Waals surface area contributed by atoms with E-state index in [1.165, 1.54) is 30.8 Å². The van der Waals surface area contributed by atoms with E-state index in [2.05, 4.69) is 5.10 Å². The molecular weight excluding hydrogens is 286 g/mol. The maximum absolute atomic E-state index is 5.62. The summed E-state index contributed by atoms with van der Waals surface area (Å²) in [5, 5.41) is 4.50. The van der Waals surface area contributed by atoms with Crippen molar-refractivity contribution < 1.29 is 14.1 Å². The van der Waals surface area contributed by atoms with Crippen LogP contribution in [-0.2, 0) is 6.67 Å². The van der Waals surface area contributed by atoms with Crippen LogP contribution in [0, 0.1) is 4.84 Å². The number of nitrogens with one attached hydrogen (secondary N) is 1. The number of benzene rings is 1. The summed E-state index contributed by atoms with van der Waals surface area (Å²) in [5.74, 6) is 1.42. The van der Waals surface area contributed by atoms with Gasteiger partial charge in [0.15, 0.2) is 6.67 Å². The molecule has 1 aliphatic heterocycles. The van der Waals surface area contributed by atoms with Crippen LogP contribution in [0.1, 0.15) is 19.8 Å². The fraction of sp³-hybridized carbons (Fsp3) is 0.467. The molecule has 2 aromatic rings. The minimum atomic E-state index is 0.443. The summed E-state index contributed by atoms with van der Waals surface area (Å²) in [6.45, 7) is 5.79.